The number of methoxy groups -OCH3 is 1. The maximum Gasteiger partial charge on any atom is 0.267 e. The van der Waals surface area contributed by atoms with Gasteiger partial charge in [-0.15, -0.1) is 11.3 Å². The van der Waals surface area contributed by atoms with Crippen LogP contribution < -0.4 is 10.3 Å². The molecule has 2 aromatic heterocycles. The van der Waals surface area contributed by atoms with Crippen molar-refractivity contribution in [2.45, 2.75) is 49.4 Å². The summed E-state index contributed by atoms with van der Waals surface area (Å²) >= 11 is 3.00. The van der Waals surface area contributed by atoms with Crippen molar-refractivity contribution in [2.75, 3.05) is 33.4 Å². The number of carbonyl (C=O) groups is 1. The number of thiophene rings is 1. The molecule has 2 aliphatic rings. The number of hydrogen-bond acceptors (Lipinski definition) is 7. The van der Waals surface area contributed by atoms with Gasteiger partial charge in [-0.1, -0.05) is 18.2 Å². The molecule has 1 aliphatic heterocycles. The Hall–Kier alpha value is -2.36. The number of benzene rings is 1. The third-order valence-corrected chi connectivity index (χ3v) is 8.72. The molecule has 1 amide bonds. The average molecular weight is 500 g/mol. The number of nitrogens with zero attached hydrogens (tertiary/aromatic N) is 3. The molecule has 1 aliphatic carbocycles. The van der Waals surface area contributed by atoms with Gasteiger partial charge in [-0.05, 0) is 62.4 Å². The number of amides is 1. The highest BCUT2D eigenvalue weighted by atomic mass is 32.2. The van der Waals surface area contributed by atoms with Gasteiger partial charge >= 0.3 is 0 Å². The van der Waals surface area contributed by atoms with E-state index < -0.39 is 0 Å². The molecular formula is C25H29N3O4S2. The molecule has 0 N–H and O–H groups in total. The first kappa shape index (κ1) is 23.4. The van der Waals surface area contributed by atoms with Crippen molar-refractivity contribution < 1.29 is 14.3 Å². The van der Waals surface area contributed by atoms with Crippen LogP contribution in [0.15, 0.2) is 34.2 Å². The second-order valence-electron chi connectivity index (χ2n) is 8.68. The van der Waals surface area contributed by atoms with Gasteiger partial charge in [0.1, 0.15) is 10.6 Å². The predicted octanol–water partition coefficient (Wildman–Crippen LogP) is 4.06. The van der Waals surface area contributed by atoms with Crippen LogP contribution in [0.3, 0.4) is 0 Å². The van der Waals surface area contributed by atoms with Gasteiger partial charge in [-0.25, -0.2) is 4.98 Å². The fourth-order valence-electron chi connectivity index (χ4n) is 4.65. The first-order valence-electron chi connectivity index (χ1n) is 11.8. The first-order valence-corrected chi connectivity index (χ1v) is 13.5. The van der Waals surface area contributed by atoms with Gasteiger partial charge in [0.15, 0.2) is 5.16 Å². The first-order chi connectivity index (χ1) is 16.6. The molecule has 0 radical (unpaired) electrons. The highest BCUT2D eigenvalue weighted by Gasteiger charge is 2.27. The fourth-order valence-corrected chi connectivity index (χ4v) is 6.96. The second-order valence-corrected chi connectivity index (χ2v) is 11.1. The maximum atomic E-state index is 14.0. The minimum Gasteiger partial charge on any atom is -0.497 e. The van der Waals surface area contributed by atoms with E-state index in [0.717, 1.165) is 47.3 Å². The number of fused-ring (bicyclic) bond motifs is 3. The number of aryl methyl sites for hydroxylation is 2. The van der Waals surface area contributed by atoms with E-state index in [-0.39, 0.29) is 16.7 Å². The van der Waals surface area contributed by atoms with Gasteiger partial charge in [-0.2, -0.15) is 0 Å². The summed E-state index contributed by atoms with van der Waals surface area (Å²) in [5.41, 5.74) is 1.84. The van der Waals surface area contributed by atoms with E-state index in [2.05, 4.69) is 0 Å². The lowest BCUT2D eigenvalue weighted by molar-refractivity contribution is -0.134. The summed E-state index contributed by atoms with van der Waals surface area (Å²) in [5.74, 6) is 0.770. The smallest absolute Gasteiger partial charge is 0.267 e. The minimum absolute atomic E-state index is 0.0471. The topological polar surface area (TPSA) is 73.7 Å². The van der Waals surface area contributed by atoms with Crippen molar-refractivity contribution in [3.05, 3.63) is 45.1 Å². The van der Waals surface area contributed by atoms with Crippen LogP contribution in [0.25, 0.3) is 15.9 Å². The molecular weight excluding hydrogens is 470 g/mol. The quantitative estimate of drug-likeness (QED) is 0.299. The summed E-state index contributed by atoms with van der Waals surface area (Å²) in [6.07, 6.45) is 5.37. The molecule has 9 heteroatoms. The molecule has 34 heavy (non-hydrogen) atoms. The largest absolute Gasteiger partial charge is 0.497 e. The van der Waals surface area contributed by atoms with Crippen LogP contribution in [0.4, 0.5) is 0 Å². The van der Waals surface area contributed by atoms with Crippen LogP contribution in [0.1, 0.15) is 36.6 Å². The lowest BCUT2D eigenvalue weighted by atomic mass is 10.1. The zero-order chi connectivity index (χ0) is 23.7. The summed E-state index contributed by atoms with van der Waals surface area (Å²) in [6, 6.07) is 7.43. The van der Waals surface area contributed by atoms with Crippen LogP contribution in [0.5, 0.6) is 5.75 Å². The lowest BCUT2D eigenvalue weighted by Crippen LogP contribution is -2.44. The number of carbonyl (C=O) groups excluding carboxylic acids is 1. The average Bonchev–Trinajstić information content (AvgIpc) is 3.05. The van der Waals surface area contributed by atoms with Gasteiger partial charge in [0.2, 0.25) is 5.91 Å². The molecule has 1 aromatic carbocycles. The van der Waals surface area contributed by atoms with Crippen LogP contribution in [0.2, 0.25) is 0 Å². The Morgan fingerprint density at radius 3 is 2.62 bits per heavy atom. The molecule has 7 nitrogen and oxygen atoms in total. The number of aromatic nitrogens is 2. The number of hydrogen-bond donors (Lipinski definition) is 0. The summed E-state index contributed by atoms with van der Waals surface area (Å²) in [6.45, 7) is 4.20. The van der Waals surface area contributed by atoms with Crippen LogP contribution in [-0.2, 0) is 22.4 Å². The summed E-state index contributed by atoms with van der Waals surface area (Å²) in [4.78, 5) is 36.0. The van der Waals surface area contributed by atoms with E-state index in [1.165, 1.54) is 28.6 Å². The molecule has 5 rings (SSSR count). The van der Waals surface area contributed by atoms with E-state index >= 15 is 0 Å². The molecule has 0 bridgehead atoms. The fraction of sp³-hybridized carbons (Fsp3) is 0.480. The molecule has 1 saturated heterocycles. The monoisotopic (exact) mass is 499 g/mol. The molecule has 1 unspecified atom stereocenters. The summed E-state index contributed by atoms with van der Waals surface area (Å²) in [5, 5.41) is 0.923. The number of morpholine rings is 1. The van der Waals surface area contributed by atoms with E-state index in [4.69, 9.17) is 14.5 Å². The van der Waals surface area contributed by atoms with E-state index in [0.29, 0.717) is 31.5 Å². The third-order valence-electron chi connectivity index (χ3n) is 6.49. The molecule has 180 valence electrons. The predicted molar refractivity (Wildman–Crippen MR) is 136 cm³/mol. The third kappa shape index (κ3) is 4.48. The number of thioether (sulfide) groups is 1. The van der Waals surface area contributed by atoms with E-state index in [1.54, 1.807) is 23.0 Å². The highest BCUT2D eigenvalue weighted by molar-refractivity contribution is 8.00. The van der Waals surface area contributed by atoms with Gasteiger partial charge in [-0.3, -0.25) is 14.2 Å². The Morgan fingerprint density at radius 1 is 1.15 bits per heavy atom. The standard InChI is InChI=1S/C25H29N3O4S2/c1-16(23(29)27-12-14-32-15-13-27)33-25-26-22-21(19-6-4-3-5-7-20(19)34-22)24(30)28(25)17-8-10-18(31-2)11-9-17/h8-11,16H,3-7,12-15H2,1-2H3. The minimum atomic E-state index is -0.371. The van der Waals surface area contributed by atoms with Crippen LogP contribution in [-0.4, -0.2) is 59.0 Å². The molecule has 3 heterocycles. The number of rotatable bonds is 5. The SMILES string of the molecule is COc1ccc(-n2c(SC(C)C(=O)N3CCOCC3)nc3sc4c(c3c2=O)CCCCC4)cc1. The van der Waals surface area contributed by atoms with Crippen molar-refractivity contribution in [2.24, 2.45) is 0 Å². The van der Waals surface area contributed by atoms with Crippen molar-refractivity contribution in [1.29, 1.82) is 0 Å². The second kappa shape index (κ2) is 10.1. The normalized spacial score (nSPS) is 17.3. The van der Waals surface area contributed by atoms with Crippen molar-refractivity contribution in [3.63, 3.8) is 0 Å². The molecule has 0 saturated carbocycles. The molecule has 1 fully saturated rings. The number of ether oxygens (including phenoxy) is 2. The van der Waals surface area contributed by atoms with E-state index in [1.807, 2.05) is 36.1 Å². The Bertz CT molecular complexity index is 1250. The molecule has 3 aromatic rings. The van der Waals surface area contributed by atoms with Gasteiger partial charge in [0.25, 0.3) is 5.56 Å². The highest BCUT2D eigenvalue weighted by Crippen LogP contribution is 2.35. The van der Waals surface area contributed by atoms with Crippen molar-refractivity contribution >= 4 is 39.2 Å². The van der Waals surface area contributed by atoms with Gasteiger partial charge in [0.05, 0.1) is 36.6 Å². The van der Waals surface area contributed by atoms with E-state index in [9.17, 15) is 9.59 Å². The Labute approximate surface area is 207 Å². The molecule has 1 atom stereocenters. The van der Waals surface area contributed by atoms with Crippen LogP contribution in [0, 0.1) is 0 Å². The van der Waals surface area contributed by atoms with Gasteiger partial charge in [0, 0.05) is 18.0 Å². The summed E-state index contributed by atoms with van der Waals surface area (Å²) in [7, 11) is 1.62. The Kier molecular flexibility index (Phi) is 6.94. The summed E-state index contributed by atoms with van der Waals surface area (Å²) < 4.78 is 12.4. The Balaban J connectivity index is 1.60. The van der Waals surface area contributed by atoms with Crippen LogP contribution >= 0.6 is 23.1 Å². The van der Waals surface area contributed by atoms with Crippen molar-refractivity contribution in [3.8, 4) is 11.4 Å². The zero-order valence-electron chi connectivity index (χ0n) is 19.5. The zero-order valence-corrected chi connectivity index (χ0v) is 21.2. The lowest BCUT2D eigenvalue weighted by Gasteiger charge is -2.29. The maximum absolute atomic E-state index is 14.0. The van der Waals surface area contributed by atoms with Crippen molar-refractivity contribution in [1.82, 2.24) is 14.5 Å². The van der Waals surface area contributed by atoms with Gasteiger partial charge < -0.3 is 14.4 Å². The Morgan fingerprint density at radius 2 is 1.88 bits per heavy atom. The molecule has 0 spiro atoms.